The first kappa shape index (κ1) is 22.8. The molecule has 0 aliphatic heterocycles. The summed E-state index contributed by atoms with van der Waals surface area (Å²) < 4.78 is 27.5. The van der Waals surface area contributed by atoms with E-state index in [4.69, 9.17) is 11.6 Å². The number of rotatable bonds is 5. The van der Waals surface area contributed by atoms with Gasteiger partial charge in [-0.3, -0.25) is 9.59 Å². The highest BCUT2D eigenvalue weighted by molar-refractivity contribution is 7.91. The van der Waals surface area contributed by atoms with Crippen LogP contribution in [-0.2, 0) is 21.2 Å². The molecule has 3 rings (SSSR count). The summed E-state index contributed by atoms with van der Waals surface area (Å²) in [5.74, 6) is -0.424. The second-order valence-electron chi connectivity index (χ2n) is 7.49. The van der Waals surface area contributed by atoms with Crippen LogP contribution in [0.15, 0.2) is 63.1 Å². The van der Waals surface area contributed by atoms with E-state index < -0.39 is 21.3 Å². The van der Waals surface area contributed by atoms with E-state index >= 15 is 0 Å². The first-order valence-corrected chi connectivity index (χ1v) is 11.5. The fraction of sp³-hybridized carbons (Fsp3) is 0.217. The van der Waals surface area contributed by atoms with Gasteiger partial charge >= 0.3 is 0 Å². The molecule has 0 radical (unpaired) electrons. The average molecular weight is 459 g/mol. The van der Waals surface area contributed by atoms with E-state index in [1.165, 1.54) is 28.8 Å². The monoisotopic (exact) mass is 458 g/mol. The summed E-state index contributed by atoms with van der Waals surface area (Å²) in [5, 5.41) is 3.15. The molecule has 0 atom stereocenters. The third kappa shape index (κ3) is 4.73. The molecule has 8 heteroatoms. The highest BCUT2D eigenvalue weighted by Gasteiger charge is 2.26. The summed E-state index contributed by atoms with van der Waals surface area (Å²) in [5.41, 5.74) is 2.82. The van der Waals surface area contributed by atoms with Gasteiger partial charge in [-0.25, -0.2) is 8.42 Å². The molecule has 0 fully saturated rings. The quantitative estimate of drug-likeness (QED) is 0.620. The number of aromatic nitrogens is 1. The molecule has 2 aromatic carbocycles. The number of nitrogens with zero attached hydrogens (tertiary/aromatic N) is 1. The molecule has 0 aliphatic rings. The third-order valence-corrected chi connectivity index (χ3v) is 7.31. The van der Waals surface area contributed by atoms with E-state index in [-0.39, 0.29) is 16.3 Å². The molecule has 0 bridgehead atoms. The van der Waals surface area contributed by atoms with Crippen LogP contribution < -0.4 is 10.9 Å². The molecule has 0 spiro atoms. The maximum atomic E-state index is 13.2. The minimum Gasteiger partial charge on any atom is -0.325 e. The predicted molar refractivity (Wildman–Crippen MR) is 122 cm³/mol. The zero-order chi connectivity index (χ0) is 22.9. The molecule has 3 aromatic rings. The highest BCUT2D eigenvalue weighted by atomic mass is 35.5. The van der Waals surface area contributed by atoms with Gasteiger partial charge in [0.15, 0.2) is 0 Å². The van der Waals surface area contributed by atoms with Crippen LogP contribution in [0.2, 0.25) is 5.02 Å². The Morgan fingerprint density at radius 1 is 0.935 bits per heavy atom. The lowest BCUT2D eigenvalue weighted by Crippen LogP contribution is -2.33. The molecule has 6 nitrogen and oxygen atoms in total. The van der Waals surface area contributed by atoms with Gasteiger partial charge in [0.2, 0.25) is 15.7 Å². The lowest BCUT2D eigenvalue weighted by Gasteiger charge is -2.15. The molecule has 1 heterocycles. The first-order valence-electron chi connectivity index (χ1n) is 9.59. The molecule has 0 saturated heterocycles. The Balaban J connectivity index is 1.98. The van der Waals surface area contributed by atoms with Gasteiger partial charge < -0.3 is 9.88 Å². The van der Waals surface area contributed by atoms with Crippen LogP contribution in [0, 0.1) is 27.7 Å². The van der Waals surface area contributed by atoms with Crippen LogP contribution in [0.4, 0.5) is 5.69 Å². The van der Waals surface area contributed by atoms with Crippen molar-refractivity contribution in [2.45, 2.75) is 44.0 Å². The Bertz CT molecular complexity index is 1330. The van der Waals surface area contributed by atoms with Crippen LogP contribution in [0.3, 0.4) is 0 Å². The number of sulfone groups is 1. The lowest BCUT2D eigenvalue weighted by atomic mass is 10.1. The second kappa shape index (κ2) is 8.69. The molecule has 0 saturated carbocycles. The zero-order valence-electron chi connectivity index (χ0n) is 17.7. The molecule has 0 aliphatic carbocycles. The SMILES string of the molecule is Cc1ccc(NC(=O)Cn2c(C)cc(C)c(S(=O)(=O)c3ccc(Cl)cc3)c2=O)cc1C. The van der Waals surface area contributed by atoms with Gasteiger partial charge in [-0.05, 0) is 86.8 Å². The van der Waals surface area contributed by atoms with Crippen LogP contribution in [0.1, 0.15) is 22.4 Å². The standard InChI is InChI=1S/C23H23ClN2O4S/c1-14-5-8-19(12-15(14)2)25-21(27)13-26-17(4)11-16(3)22(23(26)28)31(29,30)20-9-6-18(24)7-10-20/h5-12H,13H2,1-4H3,(H,25,27). The van der Waals surface area contributed by atoms with Crippen molar-refractivity contribution >= 4 is 33.0 Å². The van der Waals surface area contributed by atoms with Gasteiger partial charge in [-0.15, -0.1) is 0 Å². The van der Waals surface area contributed by atoms with E-state index in [0.717, 1.165) is 11.1 Å². The summed E-state index contributed by atoms with van der Waals surface area (Å²) >= 11 is 5.85. The fourth-order valence-electron chi connectivity index (χ4n) is 3.33. The van der Waals surface area contributed by atoms with Gasteiger partial charge in [-0.2, -0.15) is 0 Å². The Kier molecular flexibility index (Phi) is 6.38. The van der Waals surface area contributed by atoms with Crippen molar-refractivity contribution in [3.63, 3.8) is 0 Å². The topological polar surface area (TPSA) is 85.2 Å². The minimum absolute atomic E-state index is 0.0351. The molecule has 1 amide bonds. The van der Waals surface area contributed by atoms with Crippen molar-refractivity contribution in [3.05, 3.63) is 86.3 Å². The Morgan fingerprint density at radius 3 is 2.19 bits per heavy atom. The highest BCUT2D eigenvalue weighted by Crippen LogP contribution is 2.23. The van der Waals surface area contributed by atoms with Crippen LogP contribution in [0.25, 0.3) is 0 Å². The Labute approximate surface area is 186 Å². The average Bonchev–Trinajstić information content (AvgIpc) is 2.68. The molecule has 1 aromatic heterocycles. The van der Waals surface area contributed by atoms with Crippen molar-refractivity contribution in [3.8, 4) is 0 Å². The van der Waals surface area contributed by atoms with E-state index in [1.54, 1.807) is 26.0 Å². The number of benzene rings is 2. The van der Waals surface area contributed by atoms with Crippen molar-refractivity contribution in [2.75, 3.05) is 5.32 Å². The molecule has 162 valence electrons. The Morgan fingerprint density at radius 2 is 1.58 bits per heavy atom. The smallest absolute Gasteiger partial charge is 0.270 e. The number of pyridine rings is 1. The molecular formula is C23H23ClN2O4S. The summed E-state index contributed by atoms with van der Waals surface area (Å²) in [6, 6.07) is 12.7. The number of carbonyl (C=O) groups excluding carboxylic acids is 1. The van der Waals surface area contributed by atoms with Gasteiger partial charge in [-0.1, -0.05) is 17.7 Å². The van der Waals surface area contributed by atoms with Crippen molar-refractivity contribution in [2.24, 2.45) is 0 Å². The summed E-state index contributed by atoms with van der Waals surface area (Å²) in [7, 11) is -4.09. The summed E-state index contributed by atoms with van der Waals surface area (Å²) in [6.45, 7) is 6.83. The maximum Gasteiger partial charge on any atom is 0.270 e. The molecule has 1 N–H and O–H groups in total. The molecule has 31 heavy (non-hydrogen) atoms. The number of amides is 1. The minimum atomic E-state index is -4.09. The predicted octanol–water partition coefficient (Wildman–Crippen LogP) is 4.21. The van der Waals surface area contributed by atoms with E-state index in [9.17, 15) is 18.0 Å². The number of anilines is 1. The maximum absolute atomic E-state index is 13.2. The number of carbonyl (C=O) groups is 1. The van der Waals surface area contributed by atoms with Crippen LogP contribution >= 0.6 is 11.6 Å². The number of aryl methyl sites for hydroxylation is 4. The third-order valence-electron chi connectivity index (χ3n) is 5.13. The van der Waals surface area contributed by atoms with E-state index in [2.05, 4.69) is 5.32 Å². The number of halogens is 1. The summed E-state index contributed by atoms with van der Waals surface area (Å²) in [4.78, 5) is 25.4. The largest absolute Gasteiger partial charge is 0.325 e. The number of hydrogen-bond acceptors (Lipinski definition) is 4. The van der Waals surface area contributed by atoms with Gasteiger partial charge in [0.25, 0.3) is 5.56 Å². The number of nitrogens with one attached hydrogen (secondary N) is 1. The molecule has 0 unspecified atom stereocenters. The van der Waals surface area contributed by atoms with Crippen LogP contribution in [-0.4, -0.2) is 18.9 Å². The van der Waals surface area contributed by atoms with Crippen molar-refractivity contribution in [1.82, 2.24) is 4.57 Å². The van der Waals surface area contributed by atoms with Gasteiger partial charge in [0, 0.05) is 16.4 Å². The summed E-state index contributed by atoms with van der Waals surface area (Å²) in [6.07, 6.45) is 0. The lowest BCUT2D eigenvalue weighted by molar-refractivity contribution is -0.116. The van der Waals surface area contributed by atoms with E-state index in [1.807, 2.05) is 26.0 Å². The normalized spacial score (nSPS) is 11.4. The fourth-order valence-corrected chi connectivity index (χ4v) is 5.01. The number of hydrogen-bond donors (Lipinski definition) is 1. The Hall–Kier alpha value is -2.90. The van der Waals surface area contributed by atoms with Crippen molar-refractivity contribution < 1.29 is 13.2 Å². The van der Waals surface area contributed by atoms with Gasteiger partial charge in [0.1, 0.15) is 11.4 Å². The molecular weight excluding hydrogens is 436 g/mol. The first-order chi connectivity index (χ1) is 14.5. The van der Waals surface area contributed by atoms with Crippen molar-refractivity contribution in [1.29, 1.82) is 0 Å². The van der Waals surface area contributed by atoms with E-state index in [0.29, 0.717) is 22.0 Å². The zero-order valence-corrected chi connectivity index (χ0v) is 19.3. The second-order valence-corrected chi connectivity index (χ2v) is 9.82. The van der Waals surface area contributed by atoms with Gasteiger partial charge in [0.05, 0.1) is 4.90 Å². The van der Waals surface area contributed by atoms with Crippen LogP contribution in [0.5, 0.6) is 0 Å².